The van der Waals surface area contributed by atoms with Gasteiger partial charge in [-0.3, -0.25) is 0 Å². The van der Waals surface area contributed by atoms with Crippen LogP contribution in [0.3, 0.4) is 0 Å². The fraction of sp³-hybridized carbons (Fsp3) is 0. The maximum absolute atomic E-state index is 7.33. The van der Waals surface area contributed by atoms with Gasteiger partial charge in [-0.25, -0.2) is 0 Å². The normalized spacial score (nSPS) is 7.50. The Morgan fingerprint density at radius 3 is 1.00 bits per heavy atom. The third kappa shape index (κ3) is 73.0. The molecular weight excluding hydrogens is 183 g/mol. The maximum atomic E-state index is 7.33. The van der Waals surface area contributed by atoms with E-state index in [9.17, 15) is 0 Å². The molecule has 0 spiro atoms. The Balaban J connectivity index is -0.00000000381. The van der Waals surface area contributed by atoms with Crippen LogP contribution in [0.1, 0.15) is 5.71 Å². The van der Waals surface area contributed by atoms with E-state index >= 15 is 0 Å². The fourth-order valence-corrected chi connectivity index (χ4v) is 0. The average Bonchev–Trinajstić information content (AvgIpc) is 0.722. The summed E-state index contributed by atoms with van der Waals surface area (Å²) in [5, 5.41) is 0. The van der Waals surface area contributed by atoms with E-state index in [1.54, 1.807) is 0 Å². The van der Waals surface area contributed by atoms with Crippen molar-refractivity contribution < 1.29 is 24.9 Å². The molecular formula is H11AlCaMgO4Si. The van der Waals surface area contributed by atoms with Crippen molar-refractivity contribution in [2.75, 3.05) is 0 Å². The molecule has 0 fully saturated rings. The van der Waals surface area contributed by atoms with Crippen LogP contribution >= 0.6 is 0 Å². The minimum atomic E-state index is -4.61. The Hall–Kier alpha value is 2.62. The van der Waals surface area contributed by atoms with Crippen LogP contribution in [0.2, 0.25) is 0 Å². The van der Waals surface area contributed by atoms with E-state index in [1.807, 2.05) is 0 Å². The molecule has 0 radical (unpaired) electrons. The Kier molecular flexibility index (Phi) is 27.0. The van der Waals surface area contributed by atoms with Crippen molar-refractivity contribution in [1.82, 2.24) is 0 Å². The van der Waals surface area contributed by atoms with Gasteiger partial charge in [-0.05, 0) is 0 Å². The zero-order valence-electron chi connectivity index (χ0n) is 7.70. The molecule has 0 aromatic carbocycles. The molecule has 8 heteroatoms. The maximum Gasteiger partial charge on any atom is 2.00 e. The van der Waals surface area contributed by atoms with Crippen LogP contribution in [-0.2, 0) is 0 Å². The second-order valence-electron chi connectivity index (χ2n) is 0.600. The van der Waals surface area contributed by atoms with Gasteiger partial charge < -0.3 is 24.9 Å². The Morgan fingerprint density at radius 1 is 1.00 bits per heavy atom. The van der Waals surface area contributed by atoms with Crippen LogP contribution in [0.4, 0.5) is 0 Å². The summed E-state index contributed by atoms with van der Waals surface area (Å²) in [6.45, 7) is 0. The van der Waals surface area contributed by atoms with Crippen molar-refractivity contribution >= 4 is 87.2 Å². The summed E-state index contributed by atoms with van der Waals surface area (Å²) in [6, 6.07) is 0. The Bertz CT molecular complexity index is 42.5. The molecule has 0 rings (SSSR count). The smallest absolute Gasteiger partial charge is 1.00 e. The first-order valence-corrected chi connectivity index (χ1v) is 2.68. The molecule has 0 aromatic rings. The van der Waals surface area contributed by atoms with Gasteiger partial charge in [0.15, 0.2) is 17.4 Å². The first-order chi connectivity index (χ1) is 2.00. The van der Waals surface area contributed by atoms with Crippen LogP contribution in [0, 0.1) is 0 Å². The molecule has 0 unspecified atom stereocenters. The molecule has 0 heterocycles. The molecule has 8 heavy (non-hydrogen) atoms. The monoisotopic (exact) mass is 194 g/mol. The van der Waals surface area contributed by atoms with Crippen molar-refractivity contribution in [3.63, 3.8) is 0 Å². The van der Waals surface area contributed by atoms with E-state index in [0.717, 1.165) is 0 Å². The second kappa shape index (κ2) is 9.62. The van der Waals surface area contributed by atoms with Gasteiger partial charge in [-0.2, -0.15) is 0 Å². The summed E-state index contributed by atoms with van der Waals surface area (Å²) in [4.78, 5) is 29.3. The summed E-state index contributed by atoms with van der Waals surface area (Å²) >= 11 is 0. The van der Waals surface area contributed by atoms with Crippen molar-refractivity contribution in [1.29, 1.82) is 0 Å². The van der Waals surface area contributed by atoms with E-state index in [-0.39, 0.29) is 83.9 Å². The summed E-state index contributed by atoms with van der Waals surface area (Å²) in [6.07, 6.45) is 0. The third-order valence-electron chi connectivity index (χ3n) is 0. The predicted molar refractivity (Wildman–Crippen MR) is 40.5 cm³/mol. The molecule has 0 aliphatic heterocycles. The zero-order valence-corrected chi connectivity index (χ0v) is 8.33. The minimum absolute atomic E-state index is 0. The van der Waals surface area contributed by atoms with Gasteiger partial charge in [0.2, 0.25) is 0 Å². The minimum Gasteiger partial charge on any atom is -1.00 e. The van der Waals surface area contributed by atoms with E-state index < -0.39 is 9.05 Å². The second-order valence-corrected chi connectivity index (χ2v) is 1.80. The molecule has 0 saturated heterocycles. The first kappa shape index (κ1) is 22.4. The van der Waals surface area contributed by atoms with Gasteiger partial charge in [0.05, 0.1) is 0 Å². The van der Waals surface area contributed by atoms with Crippen LogP contribution in [-0.4, -0.2) is 106 Å². The van der Waals surface area contributed by atoms with E-state index in [4.69, 9.17) is 19.2 Å². The van der Waals surface area contributed by atoms with Gasteiger partial charge in [0, 0.05) is 0 Å². The van der Waals surface area contributed by atoms with Crippen molar-refractivity contribution in [3.05, 3.63) is 0 Å². The van der Waals surface area contributed by atoms with Gasteiger partial charge in [0.25, 0.3) is 0 Å². The summed E-state index contributed by atoms with van der Waals surface area (Å²) in [5.74, 6) is 0. The van der Waals surface area contributed by atoms with Gasteiger partial charge in [-0.15, -0.1) is 0 Å². The molecule has 0 amide bonds. The molecule has 0 aromatic heterocycles. The van der Waals surface area contributed by atoms with E-state index in [0.29, 0.717) is 0 Å². The van der Waals surface area contributed by atoms with Crippen LogP contribution in [0.5, 0.6) is 0 Å². The number of hydrogen-bond donors (Lipinski definition) is 4. The molecule has 0 saturated carbocycles. The largest absolute Gasteiger partial charge is 2.00 e. The standard InChI is InChI=1S/Al.Ca.Mg.H4O4Si.7H/c;;;1-5(2,3)4;;;;;;;/h;;;1-4H;;;;;;;/q;2*+2;;;;;4*-1. The molecule has 46 valence electrons. The third-order valence-corrected chi connectivity index (χ3v) is 0. The number of rotatable bonds is 0. The molecule has 4 nitrogen and oxygen atoms in total. The van der Waals surface area contributed by atoms with Gasteiger partial charge in [0.1, 0.15) is 0 Å². The molecule has 0 aliphatic carbocycles. The predicted octanol–water partition coefficient (Wildman–Crippen LogP) is -4.10. The zero-order chi connectivity index (χ0) is 4.50. The molecule has 0 atom stereocenters. The number of hydrogen-bond acceptors (Lipinski definition) is 4. The van der Waals surface area contributed by atoms with Gasteiger partial charge in [-0.1, -0.05) is 0 Å². The molecule has 0 aliphatic rings. The summed E-state index contributed by atoms with van der Waals surface area (Å²) in [5.41, 5.74) is 0. The average molecular weight is 195 g/mol. The molecule has 0 bridgehead atoms. The van der Waals surface area contributed by atoms with Crippen LogP contribution < -0.4 is 0 Å². The van der Waals surface area contributed by atoms with Crippen molar-refractivity contribution in [2.24, 2.45) is 0 Å². The van der Waals surface area contributed by atoms with Crippen LogP contribution in [0.25, 0.3) is 0 Å². The topological polar surface area (TPSA) is 80.9 Å². The quantitative estimate of drug-likeness (QED) is 0.296. The van der Waals surface area contributed by atoms with Gasteiger partial charge >= 0.3 is 69.8 Å². The summed E-state index contributed by atoms with van der Waals surface area (Å²) < 4.78 is 0. The first-order valence-electron chi connectivity index (χ1n) is 0.894. The van der Waals surface area contributed by atoms with E-state index in [1.165, 1.54) is 0 Å². The molecule has 4 N–H and O–H groups in total. The SMILES string of the molecule is O[Si](O)(O)O.[AlH3].[Ca+2].[H-].[H-].[H-].[H-].[Mg+2]. The Morgan fingerprint density at radius 2 is 1.00 bits per heavy atom. The van der Waals surface area contributed by atoms with Crippen molar-refractivity contribution in [3.8, 4) is 0 Å². The van der Waals surface area contributed by atoms with Crippen molar-refractivity contribution in [2.45, 2.75) is 0 Å². The fourth-order valence-electron chi connectivity index (χ4n) is 0. The van der Waals surface area contributed by atoms with E-state index in [2.05, 4.69) is 0 Å². The Labute approximate surface area is 111 Å². The van der Waals surface area contributed by atoms with Crippen LogP contribution in [0.15, 0.2) is 0 Å². The summed E-state index contributed by atoms with van der Waals surface area (Å²) in [7, 11) is -4.61.